The van der Waals surface area contributed by atoms with Gasteiger partial charge in [0.25, 0.3) is 0 Å². The van der Waals surface area contributed by atoms with Gasteiger partial charge in [0.1, 0.15) is 5.75 Å². The Morgan fingerprint density at radius 1 is 1.21 bits per heavy atom. The van der Waals surface area contributed by atoms with Crippen LogP contribution in [0.25, 0.3) is 0 Å². The van der Waals surface area contributed by atoms with Crippen molar-refractivity contribution in [3.8, 4) is 5.75 Å². The van der Waals surface area contributed by atoms with E-state index in [1.807, 2.05) is 57.1 Å². The molecule has 0 radical (unpaired) electrons. The molecule has 1 saturated carbocycles. The molecule has 24 heavy (non-hydrogen) atoms. The van der Waals surface area contributed by atoms with Crippen LogP contribution in [-0.4, -0.2) is 50.0 Å². The Bertz CT molecular complexity index is 587. The molecule has 2 rings (SSSR count). The molecule has 1 aliphatic carbocycles. The molecule has 0 aromatic heterocycles. The lowest BCUT2D eigenvalue weighted by molar-refractivity contribution is -0.125. The summed E-state index contributed by atoms with van der Waals surface area (Å²) in [5, 5.41) is 5.76. The molecule has 0 saturated heterocycles. The van der Waals surface area contributed by atoms with E-state index in [0.717, 1.165) is 6.54 Å². The highest BCUT2D eigenvalue weighted by molar-refractivity contribution is 6.00. The Balaban J connectivity index is 1.85. The topological polar surface area (TPSA) is 70.7 Å². The van der Waals surface area contributed by atoms with Crippen molar-refractivity contribution in [2.45, 2.75) is 26.4 Å². The fourth-order valence-corrected chi connectivity index (χ4v) is 2.46. The van der Waals surface area contributed by atoms with E-state index in [1.165, 1.54) is 0 Å². The first-order valence-electron chi connectivity index (χ1n) is 8.37. The van der Waals surface area contributed by atoms with Gasteiger partial charge in [-0.2, -0.15) is 0 Å². The Kier molecular flexibility index (Phi) is 6.20. The summed E-state index contributed by atoms with van der Waals surface area (Å²) in [6.07, 6.45) is 0.631. The highest BCUT2D eigenvalue weighted by Crippen LogP contribution is 2.40. The lowest BCUT2D eigenvalue weighted by Gasteiger charge is -2.14. The lowest BCUT2D eigenvalue weighted by atomic mass is 10.2. The third-order valence-corrected chi connectivity index (χ3v) is 3.83. The summed E-state index contributed by atoms with van der Waals surface area (Å²) in [5.41, 5.74) is 0.648. The van der Waals surface area contributed by atoms with E-state index in [-0.39, 0.29) is 29.8 Å². The van der Waals surface area contributed by atoms with Crippen LogP contribution < -0.4 is 15.4 Å². The van der Waals surface area contributed by atoms with E-state index in [1.54, 1.807) is 0 Å². The quantitative estimate of drug-likeness (QED) is 0.760. The van der Waals surface area contributed by atoms with Crippen molar-refractivity contribution in [2.24, 2.45) is 11.8 Å². The summed E-state index contributed by atoms with van der Waals surface area (Å²) >= 11 is 0. The van der Waals surface area contributed by atoms with Gasteiger partial charge in [-0.05, 0) is 46.5 Å². The normalized spacial score (nSPS) is 19.2. The number of hydrogen-bond donors (Lipinski definition) is 2. The first-order valence-corrected chi connectivity index (χ1v) is 8.37. The number of benzene rings is 1. The summed E-state index contributed by atoms with van der Waals surface area (Å²) in [5.74, 6) is 0.0153. The minimum absolute atomic E-state index is 0.0270. The van der Waals surface area contributed by atoms with Crippen molar-refractivity contribution < 1.29 is 14.3 Å². The fourth-order valence-electron chi connectivity index (χ4n) is 2.46. The zero-order chi connectivity index (χ0) is 17.7. The van der Waals surface area contributed by atoms with Gasteiger partial charge in [0, 0.05) is 13.1 Å². The van der Waals surface area contributed by atoms with E-state index < -0.39 is 0 Å². The molecular formula is C18H27N3O3. The average Bonchev–Trinajstić information content (AvgIpc) is 3.29. The third-order valence-electron chi connectivity index (χ3n) is 3.83. The second-order valence-electron chi connectivity index (χ2n) is 6.70. The number of likely N-dealkylation sites (N-methyl/N-ethyl adjacent to an activating group) is 1. The van der Waals surface area contributed by atoms with E-state index >= 15 is 0 Å². The van der Waals surface area contributed by atoms with Crippen LogP contribution in [0.2, 0.25) is 0 Å². The number of ether oxygens (including phenoxy) is 1. The molecule has 1 aromatic carbocycles. The molecule has 2 N–H and O–H groups in total. The van der Waals surface area contributed by atoms with Crippen LogP contribution in [0.3, 0.4) is 0 Å². The number of carbonyl (C=O) groups excluding carboxylic acids is 2. The zero-order valence-corrected chi connectivity index (χ0v) is 14.8. The Labute approximate surface area is 143 Å². The number of anilines is 1. The number of nitrogens with zero attached hydrogens (tertiary/aromatic N) is 1. The second-order valence-corrected chi connectivity index (χ2v) is 6.70. The van der Waals surface area contributed by atoms with Crippen LogP contribution >= 0.6 is 0 Å². The third kappa shape index (κ3) is 5.23. The van der Waals surface area contributed by atoms with Crippen LogP contribution in [0.15, 0.2) is 24.3 Å². The predicted octanol–water partition coefficient (Wildman–Crippen LogP) is 1.73. The molecule has 6 heteroatoms. The molecule has 0 spiro atoms. The molecule has 0 heterocycles. The van der Waals surface area contributed by atoms with Gasteiger partial charge in [0.05, 0.1) is 23.6 Å². The highest BCUT2D eigenvalue weighted by Gasteiger charge is 2.48. The van der Waals surface area contributed by atoms with Gasteiger partial charge in [0.2, 0.25) is 11.8 Å². The van der Waals surface area contributed by atoms with Crippen LogP contribution in [0.4, 0.5) is 5.69 Å². The maximum Gasteiger partial charge on any atom is 0.228 e. The smallest absolute Gasteiger partial charge is 0.228 e. The molecule has 2 amide bonds. The first-order chi connectivity index (χ1) is 11.4. The number of amides is 2. The van der Waals surface area contributed by atoms with Crippen molar-refractivity contribution >= 4 is 17.5 Å². The van der Waals surface area contributed by atoms with Gasteiger partial charge in [-0.25, -0.2) is 0 Å². The van der Waals surface area contributed by atoms with Crippen molar-refractivity contribution in [3.05, 3.63) is 24.3 Å². The van der Waals surface area contributed by atoms with Gasteiger partial charge >= 0.3 is 0 Å². The molecule has 0 bridgehead atoms. The molecule has 1 aliphatic rings. The molecule has 0 aliphatic heterocycles. The Morgan fingerprint density at radius 3 is 2.54 bits per heavy atom. The molecule has 2 atom stereocenters. The highest BCUT2D eigenvalue weighted by atomic mass is 16.5. The molecule has 1 fully saturated rings. The van der Waals surface area contributed by atoms with Crippen molar-refractivity contribution in [3.63, 3.8) is 0 Å². The second kappa shape index (κ2) is 8.15. The summed E-state index contributed by atoms with van der Waals surface area (Å²) in [6.45, 7) is 5.26. The van der Waals surface area contributed by atoms with Crippen LogP contribution in [0, 0.1) is 11.8 Å². The van der Waals surface area contributed by atoms with Crippen molar-refractivity contribution in [1.82, 2.24) is 10.2 Å². The minimum Gasteiger partial charge on any atom is -0.489 e. The average molecular weight is 333 g/mol. The number of nitrogens with one attached hydrogen (secondary N) is 2. The van der Waals surface area contributed by atoms with Gasteiger partial charge in [-0.15, -0.1) is 0 Å². The summed E-state index contributed by atoms with van der Waals surface area (Å²) in [7, 11) is 3.91. The summed E-state index contributed by atoms with van der Waals surface area (Å²) in [4.78, 5) is 26.4. The van der Waals surface area contributed by atoms with Crippen LogP contribution in [-0.2, 0) is 9.59 Å². The largest absolute Gasteiger partial charge is 0.489 e. The maximum atomic E-state index is 12.4. The number of hydrogen-bond acceptors (Lipinski definition) is 4. The Hall–Kier alpha value is -2.08. The van der Waals surface area contributed by atoms with Crippen molar-refractivity contribution in [1.29, 1.82) is 0 Å². The standard InChI is InChI=1S/C18H27N3O3/c1-12(2)24-16-8-6-5-7-15(16)20-18(23)14-11-13(14)17(22)19-9-10-21(3)4/h5-8,12-14H,9-11H2,1-4H3,(H,19,22)(H,20,23). The Morgan fingerprint density at radius 2 is 1.88 bits per heavy atom. The van der Waals surface area contributed by atoms with Gasteiger partial charge in [-0.3, -0.25) is 9.59 Å². The first kappa shape index (κ1) is 18.3. The van der Waals surface area contributed by atoms with Gasteiger partial charge in [-0.1, -0.05) is 12.1 Å². The minimum atomic E-state index is -0.253. The number of para-hydroxylation sites is 2. The van der Waals surface area contributed by atoms with Crippen LogP contribution in [0.1, 0.15) is 20.3 Å². The van der Waals surface area contributed by atoms with Gasteiger partial charge in [0.15, 0.2) is 0 Å². The fraction of sp³-hybridized carbons (Fsp3) is 0.556. The van der Waals surface area contributed by atoms with Crippen LogP contribution in [0.5, 0.6) is 5.75 Å². The summed E-state index contributed by atoms with van der Waals surface area (Å²) in [6, 6.07) is 7.35. The number of carbonyl (C=O) groups is 2. The predicted molar refractivity (Wildman–Crippen MR) is 94.0 cm³/mol. The van der Waals surface area contributed by atoms with E-state index in [9.17, 15) is 9.59 Å². The lowest BCUT2D eigenvalue weighted by Crippen LogP contribution is -2.33. The molecule has 6 nitrogen and oxygen atoms in total. The monoisotopic (exact) mass is 333 g/mol. The van der Waals surface area contributed by atoms with Crippen molar-refractivity contribution in [2.75, 3.05) is 32.5 Å². The van der Waals surface area contributed by atoms with Gasteiger partial charge < -0.3 is 20.3 Å². The molecule has 1 aromatic rings. The van der Waals surface area contributed by atoms with E-state index in [4.69, 9.17) is 4.74 Å². The zero-order valence-electron chi connectivity index (χ0n) is 14.8. The van der Waals surface area contributed by atoms with E-state index in [0.29, 0.717) is 24.4 Å². The SMILES string of the molecule is CC(C)Oc1ccccc1NC(=O)C1CC1C(=O)NCCN(C)C. The van der Waals surface area contributed by atoms with E-state index in [2.05, 4.69) is 10.6 Å². The molecule has 2 unspecified atom stereocenters. The molecular weight excluding hydrogens is 306 g/mol. The maximum absolute atomic E-state index is 12.4. The summed E-state index contributed by atoms with van der Waals surface area (Å²) < 4.78 is 5.70. The number of rotatable bonds is 8. The molecule has 132 valence electrons.